The van der Waals surface area contributed by atoms with Gasteiger partial charge in [0.2, 0.25) is 5.91 Å². The summed E-state index contributed by atoms with van der Waals surface area (Å²) in [5.74, 6) is -1.40. The van der Waals surface area contributed by atoms with Gasteiger partial charge in [-0.3, -0.25) is 14.4 Å². The molecule has 0 bridgehead atoms. The van der Waals surface area contributed by atoms with Crippen molar-refractivity contribution in [3.05, 3.63) is 42.1 Å². The average molecular weight is 585 g/mol. The molecule has 4 rings (SSSR count). The van der Waals surface area contributed by atoms with Crippen LogP contribution in [0.1, 0.15) is 43.1 Å². The van der Waals surface area contributed by atoms with E-state index in [4.69, 9.17) is 9.57 Å². The molecule has 0 aliphatic carbocycles. The van der Waals surface area contributed by atoms with Crippen molar-refractivity contribution in [1.29, 1.82) is 0 Å². The van der Waals surface area contributed by atoms with Crippen molar-refractivity contribution in [2.75, 3.05) is 50.8 Å². The number of carboxylic acid groups (broad SMARTS) is 1. The normalized spacial score (nSPS) is 17.9. The van der Waals surface area contributed by atoms with Crippen LogP contribution in [-0.4, -0.2) is 112 Å². The number of benzene rings is 1. The lowest BCUT2D eigenvalue weighted by atomic mass is 10.1. The van der Waals surface area contributed by atoms with Gasteiger partial charge in [0.25, 0.3) is 5.91 Å². The summed E-state index contributed by atoms with van der Waals surface area (Å²) in [4.78, 5) is 67.6. The first kappa shape index (κ1) is 30.7. The number of aliphatic carboxylic acids is 1. The largest absolute Gasteiger partial charge is 0.527 e. The number of carboxylic acids is 1. The first-order valence-electron chi connectivity index (χ1n) is 14.0. The molecule has 2 saturated heterocycles. The molecule has 0 radical (unpaired) electrons. The maximum Gasteiger partial charge on any atom is 0.527 e. The van der Waals surface area contributed by atoms with Crippen molar-refractivity contribution in [3.63, 3.8) is 0 Å². The summed E-state index contributed by atoms with van der Waals surface area (Å²) in [7, 11) is 0. The van der Waals surface area contributed by atoms with Crippen LogP contribution in [-0.2, 0) is 19.2 Å². The van der Waals surface area contributed by atoms with E-state index in [1.807, 2.05) is 35.2 Å². The molecule has 2 atom stereocenters. The molecule has 0 spiro atoms. The zero-order valence-corrected chi connectivity index (χ0v) is 23.5. The molecule has 226 valence electrons. The zero-order valence-electron chi connectivity index (χ0n) is 23.5. The number of hydrogen-bond donors (Lipinski definition) is 3. The summed E-state index contributed by atoms with van der Waals surface area (Å²) < 4.78 is 4.77. The van der Waals surface area contributed by atoms with Crippen molar-refractivity contribution < 1.29 is 39.0 Å². The van der Waals surface area contributed by atoms with Gasteiger partial charge in [-0.2, -0.15) is 0 Å². The molecule has 3 heterocycles. The van der Waals surface area contributed by atoms with Gasteiger partial charge in [0, 0.05) is 37.7 Å². The van der Waals surface area contributed by atoms with Crippen LogP contribution < -0.4 is 10.2 Å². The first-order chi connectivity index (χ1) is 20.3. The lowest BCUT2D eigenvalue weighted by molar-refractivity contribution is -0.157. The second-order valence-corrected chi connectivity index (χ2v) is 9.96. The Morgan fingerprint density at radius 2 is 1.81 bits per heavy atom. The van der Waals surface area contributed by atoms with Gasteiger partial charge in [-0.1, -0.05) is 30.3 Å². The predicted molar refractivity (Wildman–Crippen MR) is 149 cm³/mol. The second kappa shape index (κ2) is 14.5. The minimum absolute atomic E-state index is 0.0169. The lowest BCUT2D eigenvalue weighted by Gasteiger charge is -2.35. The molecule has 0 saturated carbocycles. The van der Waals surface area contributed by atoms with Crippen molar-refractivity contribution in [2.45, 2.75) is 44.7 Å². The topological polar surface area (TPSA) is 175 Å². The zero-order chi connectivity index (χ0) is 30.1. The third-order valence-electron chi connectivity index (χ3n) is 7.13. The van der Waals surface area contributed by atoms with Gasteiger partial charge in [0.15, 0.2) is 5.82 Å². The van der Waals surface area contributed by atoms with Crippen molar-refractivity contribution in [2.24, 2.45) is 0 Å². The molecule has 0 unspecified atom stereocenters. The van der Waals surface area contributed by atoms with Crippen LogP contribution in [0.3, 0.4) is 0 Å². The lowest BCUT2D eigenvalue weighted by Crippen LogP contribution is -2.55. The number of carbonyl (C=O) groups is 4. The van der Waals surface area contributed by atoms with Crippen molar-refractivity contribution in [1.82, 2.24) is 25.2 Å². The van der Waals surface area contributed by atoms with E-state index in [2.05, 4.69) is 15.3 Å². The van der Waals surface area contributed by atoms with Crippen LogP contribution in [0.5, 0.6) is 0 Å². The van der Waals surface area contributed by atoms with Gasteiger partial charge in [-0.15, -0.1) is 5.06 Å². The molecular formula is C28H36N6O8. The highest BCUT2D eigenvalue weighted by molar-refractivity contribution is 5.97. The summed E-state index contributed by atoms with van der Waals surface area (Å²) in [5, 5.41) is 23.2. The predicted octanol–water partition coefficient (Wildman–Crippen LogP) is 1.30. The van der Waals surface area contributed by atoms with Gasteiger partial charge in [0.1, 0.15) is 17.6 Å². The maximum atomic E-state index is 13.6. The number of aromatic nitrogens is 2. The highest BCUT2D eigenvalue weighted by atomic mass is 16.8. The summed E-state index contributed by atoms with van der Waals surface area (Å²) in [6.07, 6.45) is 0.358. The van der Waals surface area contributed by atoms with E-state index in [1.54, 1.807) is 6.92 Å². The maximum absolute atomic E-state index is 13.6. The van der Waals surface area contributed by atoms with Gasteiger partial charge in [-0.25, -0.2) is 14.8 Å². The second-order valence-electron chi connectivity index (χ2n) is 9.96. The molecule has 2 aliphatic rings. The Morgan fingerprint density at radius 3 is 2.48 bits per heavy atom. The van der Waals surface area contributed by atoms with Crippen molar-refractivity contribution in [3.8, 4) is 11.4 Å². The number of ether oxygens (including phenoxy) is 1. The fraction of sp³-hybridized carbons (Fsp3) is 0.500. The summed E-state index contributed by atoms with van der Waals surface area (Å²) in [6, 6.07) is 9.41. The smallest absolute Gasteiger partial charge is 0.481 e. The molecule has 3 N–H and O–H groups in total. The molecular weight excluding hydrogens is 548 g/mol. The standard InChI is InChI=1S/C28H36N6O8/c1-2-41-28(40)42-33-15-13-32(14-16-33)27(39)21(10-11-24(36)37)30-26(38)22-17-23(34-12-6-9-20(34)18-35)31-25(29-22)19-7-4-3-5-8-19/h3-5,7-8,17,20-21,35H,2,6,9-16,18H2,1H3,(H,30,38)(H,36,37)/t20-,21-/m0/s1. The Bertz CT molecular complexity index is 1250. The molecule has 42 heavy (non-hydrogen) atoms. The number of hydroxylamine groups is 2. The monoisotopic (exact) mass is 584 g/mol. The van der Waals surface area contributed by atoms with E-state index in [0.717, 1.165) is 12.8 Å². The van der Waals surface area contributed by atoms with Crippen LogP contribution in [0.2, 0.25) is 0 Å². The Labute approximate surface area is 243 Å². The third-order valence-corrected chi connectivity index (χ3v) is 7.13. The Hall–Kier alpha value is -4.30. The highest BCUT2D eigenvalue weighted by Gasteiger charge is 2.32. The van der Waals surface area contributed by atoms with Gasteiger partial charge < -0.3 is 34.9 Å². The van der Waals surface area contributed by atoms with E-state index in [9.17, 15) is 29.4 Å². The third kappa shape index (κ3) is 7.91. The molecule has 2 aliphatic heterocycles. The average Bonchev–Trinajstić information content (AvgIpc) is 3.49. The summed E-state index contributed by atoms with van der Waals surface area (Å²) in [5.41, 5.74) is 0.706. The molecule has 2 fully saturated rings. The van der Waals surface area contributed by atoms with E-state index >= 15 is 0 Å². The Kier molecular flexibility index (Phi) is 10.6. The number of aliphatic hydroxyl groups excluding tert-OH is 1. The van der Waals surface area contributed by atoms with E-state index in [0.29, 0.717) is 23.8 Å². The molecule has 14 heteroatoms. The number of piperazine rings is 1. The Balaban J connectivity index is 1.53. The SMILES string of the molecule is CCOC(=O)ON1CCN(C(=O)[C@H](CCC(=O)O)NC(=O)c2cc(N3CCC[C@H]3CO)nc(-c3ccccc3)n2)CC1. The number of rotatable bonds is 11. The van der Waals surface area contributed by atoms with Crippen LogP contribution in [0.4, 0.5) is 10.6 Å². The number of nitrogens with zero attached hydrogens (tertiary/aromatic N) is 5. The molecule has 2 amide bonds. The Morgan fingerprint density at radius 1 is 1.07 bits per heavy atom. The van der Waals surface area contributed by atoms with Gasteiger partial charge >= 0.3 is 12.1 Å². The molecule has 2 aromatic rings. The van der Waals surface area contributed by atoms with Crippen LogP contribution >= 0.6 is 0 Å². The fourth-order valence-electron chi connectivity index (χ4n) is 4.97. The molecule has 1 aromatic heterocycles. The number of amides is 2. The number of nitrogens with one attached hydrogen (secondary N) is 1. The number of aliphatic hydroxyl groups is 1. The minimum atomic E-state index is -1.12. The molecule has 1 aromatic carbocycles. The van der Waals surface area contributed by atoms with E-state index in [-0.39, 0.29) is 64.0 Å². The van der Waals surface area contributed by atoms with Crippen molar-refractivity contribution >= 4 is 29.8 Å². The van der Waals surface area contributed by atoms with E-state index < -0.39 is 30.0 Å². The highest BCUT2D eigenvalue weighted by Crippen LogP contribution is 2.27. The minimum Gasteiger partial charge on any atom is -0.481 e. The van der Waals surface area contributed by atoms with Crippen LogP contribution in [0.15, 0.2) is 36.4 Å². The first-order valence-corrected chi connectivity index (χ1v) is 14.0. The quantitative estimate of drug-likeness (QED) is 0.323. The number of hydrogen-bond acceptors (Lipinski definition) is 11. The fourth-order valence-corrected chi connectivity index (χ4v) is 4.97. The van der Waals surface area contributed by atoms with Crippen LogP contribution in [0.25, 0.3) is 11.4 Å². The van der Waals surface area contributed by atoms with Crippen LogP contribution in [0, 0.1) is 0 Å². The van der Waals surface area contributed by atoms with E-state index in [1.165, 1.54) is 16.0 Å². The summed E-state index contributed by atoms with van der Waals surface area (Å²) >= 11 is 0. The molecule has 14 nitrogen and oxygen atoms in total. The van der Waals surface area contributed by atoms with Gasteiger partial charge in [0.05, 0.1) is 32.3 Å². The number of anilines is 1. The van der Waals surface area contributed by atoms with Gasteiger partial charge in [-0.05, 0) is 26.2 Å². The summed E-state index contributed by atoms with van der Waals surface area (Å²) in [6.45, 7) is 3.27. The number of carbonyl (C=O) groups excluding carboxylic acids is 3.